The average molecular weight is 331 g/mol. The lowest BCUT2D eigenvalue weighted by atomic mass is 10.1. The highest BCUT2D eigenvalue weighted by atomic mass is 32.2. The summed E-state index contributed by atoms with van der Waals surface area (Å²) in [6.45, 7) is -2.99. The standard InChI is InChI=1S/C13H11F2NO3S2/c1-16-11(17)9(21-13(16)20)6-7-4-3-5-8(18-2)10(7)19-12(14)15/h3-6,12H,1-2H3/b9-6-. The quantitative estimate of drug-likeness (QED) is 0.626. The third-order valence-corrected chi connectivity index (χ3v) is 4.19. The minimum Gasteiger partial charge on any atom is -0.493 e. The largest absolute Gasteiger partial charge is 0.493 e. The van der Waals surface area contributed by atoms with Crippen molar-refractivity contribution in [2.45, 2.75) is 6.61 Å². The third-order valence-electron chi connectivity index (χ3n) is 2.71. The minimum absolute atomic E-state index is 0.114. The lowest BCUT2D eigenvalue weighted by Gasteiger charge is -2.12. The van der Waals surface area contributed by atoms with E-state index in [1.807, 2.05) is 0 Å². The van der Waals surface area contributed by atoms with Gasteiger partial charge >= 0.3 is 6.61 Å². The van der Waals surface area contributed by atoms with Crippen molar-refractivity contribution in [3.8, 4) is 11.5 Å². The van der Waals surface area contributed by atoms with Gasteiger partial charge in [0, 0.05) is 12.6 Å². The number of hydrogen-bond acceptors (Lipinski definition) is 5. The Morgan fingerprint density at radius 2 is 2.14 bits per heavy atom. The normalized spacial score (nSPS) is 17.0. The summed E-state index contributed by atoms with van der Waals surface area (Å²) < 4.78 is 35.0. The maximum atomic E-state index is 12.5. The number of halogens is 2. The van der Waals surface area contributed by atoms with Gasteiger partial charge in [-0.1, -0.05) is 36.1 Å². The van der Waals surface area contributed by atoms with Crippen LogP contribution in [-0.2, 0) is 4.79 Å². The number of rotatable bonds is 4. The van der Waals surface area contributed by atoms with Crippen LogP contribution in [0.4, 0.5) is 8.78 Å². The van der Waals surface area contributed by atoms with Crippen molar-refractivity contribution in [1.29, 1.82) is 0 Å². The second-order valence-electron chi connectivity index (χ2n) is 4.00. The van der Waals surface area contributed by atoms with Gasteiger partial charge in [0.05, 0.1) is 12.0 Å². The molecule has 4 nitrogen and oxygen atoms in total. The number of thiocarbonyl (C=S) groups is 1. The summed E-state index contributed by atoms with van der Waals surface area (Å²) in [6.07, 6.45) is 1.46. The summed E-state index contributed by atoms with van der Waals surface area (Å²) >= 11 is 6.12. The molecule has 1 fully saturated rings. The molecule has 0 spiro atoms. The number of hydrogen-bond donors (Lipinski definition) is 0. The summed E-state index contributed by atoms with van der Waals surface area (Å²) in [7, 11) is 2.91. The highest BCUT2D eigenvalue weighted by Crippen LogP contribution is 2.37. The first-order valence-electron chi connectivity index (χ1n) is 5.77. The molecule has 1 aromatic rings. The molecule has 1 amide bonds. The van der Waals surface area contributed by atoms with E-state index in [0.717, 1.165) is 11.8 Å². The van der Waals surface area contributed by atoms with Crippen molar-refractivity contribution in [3.05, 3.63) is 28.7 Å². The average Bonchev–Trinajstić information content (AvgIpc) is 2.67. The molecule has 1 aliphatic rings. The van der Waals surface area contributed by atoms with E-state index in [1.54, 1.807) is 19.2 Å². The summed E-state index contributed by atoms with van der Waals surface area (Å²) in [4.78, 5) is 13.6. The molecule has 0 atom stereocenters. The molecule has 0 bridgehead atoms. The van der Waals surface area contributed by atoms with Gasteiger partial charge in [0.2, 0.25) is 0 Å². The maximum Gasteiger partial charge on any atom is 0.387 e. The van der Waals surface area contributed by atoms with Crippen molar-refractivity contribution >= 4 is 40.3 Å². The van der Waals surface area contributed by atoms with Gasteiger partial charge < -0.3 is 9.47 Å². The van der Waals surface area contributed by atoms with Crippen LogP contribution in [-0.4, -0.2) is 35.9 Å². The van der Waals surface area contributed by atoms with Crippen molar-refractivity contribution in [3.63, 3.8) is 0 Å². The summed E-state index contributed by atoms with van der Waals surface area (Å²) in [5.41, 5.74) is 0.323. The highest BCUT2D eigenvalue weighted by molar-refractivity contribution is 8.26. The van der Waals surface area contributed by atoms with E-state index in [-0.39, 0.29) is 17.4 Å². The van der Waals surface area contributed by atoms with Crippen LogP contribution in [0.3, 0.4) is 0 Å². The van der Waals surface area contributed by atoms with Crippen molar-refractivity contribution < 1.29 is 23.0 Å². The van der Waals surface area contributed by atoms with E-state index in [4.69, 9.17) is 17.0 Å². The first-order chi connectivity index (χ1) is 9.93. The molecular weight excluding hydrogens is 320 g/mol. The number of likely N-dealkylation sites (N-methyl/N-ethyl adjacent to an activating group) is 1. The number of amides is 1. The number of thioether (sulfide) groups is 1. The zero-order valence-electron chi connectivity index (χ0n) is 11.1. The number of alkyl halides is 2. The van der Waals surface area contributed by atoms with E-state index in [0.29, 0.717) is 14.8 Å². The summed E-state index contributed by atoms with van der Waals surface area (Å²) in [5, 5.41) is 0. The Kier molecular flexibility index (Phi) is 4.79. The lowest BCUT2D eigenvalue weighted by Crippen LogP contribution is -2.22. The van der Waals surface area contributed by atoms with Crippen LogP contribution in [0.5, 0.6) is 11.5 Å². The molecule has 112 valence electrons. The molecule has 0 unspecified atom stereocenters. The van der Waals surface area contributed by atoms with Gasteiger partial charge in [-0.25, -0.2) is 0 Å². The Labute approximate surface area is 129 Å². The minimum atomic E-state index is -2.99. The molecule has 1 aromatic carbocycles. The van der Waals surface area contributed by atoms with E-state index < -0.39 is 6.61 Å². The van der Waals surface area contributed by atoms with Crippen LogP contribution in [0.1, 0.15) is 5.56 Å². The molecule has 1 heterocycles. The monoisotopic (exact) mass is 331 g/mol. The second-order valence-corrected chi connectivity index (χ2v) is 5.67. The molecule has 1 saturated heterocycles. The number of nitrogens with zero attached hydrogens (tertiary/aromatic N) is 1. The van der Waals surface area contributed by atoms with E-state index in [9.17, 15) is 13.6 Å². The van der Waals surface area contributed by atoms with Crippen molar-refractivity contribution in [2.24, 2.45) is 0 Å². The van der Waals surface area contributed by atoms with Crippen LogP contribution < -0.4 is 9.47 Å². The first kappa shape index (κ1) is 15.7. The zero-order valence-corrected chi connectivity index (χ0v) is 12.8. The molecule has 8 heteroatoms. The second kappa shape index (κ2) is 6.40. The predicted octanol–water partition coefficient (Wildman–Crippen LogP) is 3.13. The number of benzene rings is 1. The van der Waals surface area contributed by atoms with Gasteiger partial charge in [-0.05, 0) is 12.1 Å². The van der Waals surface area contributed by atoms with E-state index >= 15 is 0 Å². The Hall–Kier alpha value is -1.67. The fourth-order valence-electron chi connectivity index (χ4n) is 1.71. The molecule has 0 aliphatic carbocycles. The zero-order chi connectivity index (χ0) is 15.6. The number of ether oxygens (including phenoxy) is 2. The summed E-state index contributed by atoms with van der Waals surface area (Å²) in [6, 6.07) is 4.68. The van der Waals surface area contributed by atoms with Crippen LogP contribution >= 0.6 is 24.0 Å². The van der Waals surface area contributed by atoms with E-state index in [1.165, 1.54) is 24.2 Å². The topological polar surface area (TPSA) is 38.8 Å². The molecule has 2 rings (SSSR count). The molecule has 21 heavy (non-hydrogen) atoms. The molecular formula is C13H11F2NO3S2. The number of carbonyl (C=O) groups is 1. The highest BCUT2D eigenvalue weighted by Gasteiger charge is 2.29. The van der Waals surface area contributed by atoms with Crippen molar-refractivity contribution in [2.75, 3.05) is 14.2 Å². The molecule has 0 saturated carbocycles. The predicted molar refractivity (Wildman–Crippen MR) is 80.6 cm³/mol. The van der Waals surface area contributed by atoms with Crippen molar-refractivity contribution in [1.82, 2.24) is 4.90 Å². The fourth-order valence-corrected chi connectivity index (χ4v) is 2.88. The molecule has 0 aromatic heterocycles. The Balaban J connectivity index is 2.44. The van der Waals surface area contributed by atoms with Crippen LogP contribution in [0, 0.1) is 0 Å². The summed E-state index contributed by atoms with van der Waals surface area (Å²) in [5.74, 6) is -0.233. The van der Waals surface area contributed by atoms with E-state index in [2.05, 4.69) is 4.74 Å². The number of para-hydroxylation sites is 1. The maximum absolute atomic E-state index is 12.5. The van der Waals surface area contributed by atoms with Gasteiger partial charge in [-0.3, -0.25) is 9.69 Å². The third kappa shape index (κ3) is 3.33. The molecule has 0 N–H and O–H groups in total. The van der Waals surface area contributed by atoms with Gasteiger partial charge in [0.15, 0.2) is 11.5 Å². The first-order valence-corrected chi connectivity index (χ1v) is 7.00. The van der Waals surface area contributed by atoms with Gasteiger partial charge in [-0.2, -0.15) is 8.78 Å². The van der Waals surface area contributed by atoms with Crippen LogP contribution in [0.2, 0.25) is 0 Å². The lowest BCUT2D eigenvalue weighted by molar-refractivity contribution is -0.121. The SMILES string of the molecule is COc1cccc(/C=C2\SC(=S)N(C)C2=O)c1OC(F)F. The van der Waals surface area contributed by atoms with Gasteiger partial charge in [0.25, 0.3) is 5.91 Å². The smallest absolute Gasteiger partial charge is 0.387 e. The van der Waals surface area contributed by atoms with Crippen LogP contribution in [0.15, 0.2) is 23.1 Å². The van der Waals surface area contributed by atoms with Gasteiger partial charge in [0.1, 0.15) is 4.32 Å². The Morgan fingerprint density at radius 1 is 1.43 bits per heavy atom. The fraction of sp³-hybridized carbons (Fsp3) is 0.231. The van der Waals surface area contributed by atoms with Gasteiger partial charge in [-0.15, -0.1) is 0 Å². The Morgan fingerprint density at radius 3 is 2.67 bits per heavy atom. The number of carbonyl (C=O) groups excluding carboxylic acids is 1. The molecule has 1 aliphatic heterocycles. The number of methoxy groups -OCH3 is 1. The molecule has 0 radical (unpaired) electrons. The Bertz CT molecular complexity index is 619. The van der Waals surface area contributed by atoms with Crippen LogP contribution in [0.25, 0.3) is 6.08 Å².